The van der Waals surface area contributed by atoms with E-state index in [2.05, 4.69) is 40.6 Å². The van der Waals surface area contributed by atoms with E-state index in [0.29, 0.717) is 0 Å². The highest BCUT2D eigenvalue weighted by Gasteiger charge is 2.00. The molecule has 0 aliphatic carbocycles. The molecule has 0 aliphatic rings. The molecule has 6 heteroatoms. The lowest BCUT2D eigenvalue weighted by molar-refractivity contribution is 0.145. The molecule has 0 radical (unpaired) electrons. The van der Waals surface area contributed by atoms with Crippen LogP contribution in [0.25, 0.3) is 0 Å². The third kappa shape index (κ3) is 7.45. The van der Waals surface area contributed by atoms with Crippen molar-refractivity contribution >= 4 is 5.96 Å². The van der Waals surface area contributed by atoms with E-state index in [1.54, 1.807) is 0 Å². The summed E-state index contributed by atoms with van der Waals surface area (Å²) in [6.45, 7) is 13.2. The highest BCUT2D eigenvalue weighted by molar-refractivity contribution is 5.79. The van der Waals surface area contributed by atoms with Crippen LogP contribution in [0.1, 0.15) is 38.1 Å². The van der Waals surface area contributed by atoms with E-state index < -0.39 is 0 Å². The molecule has 0 fully saturated rings. The molecule has 0 amide bonds. The molecule has 6 nitrogen and oxygen atoms in total. The number of guanidine groups is 1. The van der Waals surface area contributed by atoms with E-state index in [-0.39, 0.29) is 0 Å². The van der Waals surface area contributed by atoms with Crippen LogP contribution in [0.2, 0.25) is 0 Å². The fourth-order valence-corrected chi connectivity index (χ4v) is 2.18. The molecule has 0 aliphatic heterocycles. The van der Waals surface area contributed by atoms with Crippen LogP contribution in [0.3, 0.4) is 0 Å². The van der Waals surface area contributed by atoms with Crippen molar-refractivity contribution in [3.05, 3.63) is 17.5 Å². The van der Waals surface area contributed by atoms with Gasteiger partial charge in [-0.1, -0.05) is 0 Å². The second-order valence-electron chi connectivity index (χ2n) is 5.24. The predicted molar refractivity (Wildman–Crippen MR) is 91.4 cm³/mol. The van der Waals surface area contributed by atoms with E-state index in [1.165, 1.54) is 5.69 Å². The Hall–Kier alpha value is -1.56. The minimum absolute atomic E-state index is 0.778. The molecule has 0 atom stereocenters. The highest BCUT2D eigenvalue weighted by atomic mass is 16.5. The van der Waals surface area contributed by atoms with Gasteiger partial charge in [-0.25, -0.2) is 0 Å². The Morgan fingerprint density at radius 1 is 1.27 bits per heavy atom. The standard InChI is InChI=1S/C16H31N5O/c1-5-17-16(19-10-8-12-22-6-2)18-9-7-11-21-15(4)13-14(3)20-21/h13H,5-12H2,1-4H3,(H2,17,18,19). The first kappa shape index (κ1) is 18.5. The van der Waals surface area contributed by atoms with E-state index in [9.17, 15) is 0 Å². The van der Waals surface area contributed by atoms with Crippen LogP contribution in [-0.4, -0.2) is 48.6 Å². The van der Waals surface area contributed by atoms with Crippen molar-refractivity contribution in [3.8, 4) is 0 Å². The zero-order chi connectivity index (χ0) is 16.2. The highest BCUT2D eigenvalue weighted by Crippen LogP contribution is 2.02. The third-order valence-electron chi connectivity index (χ3n) is 3.21. The molecule has 0 unspecified atom stereocenters. The zero-order valence-electron chi connectivity index (χ0n) is 14.5. The maximum Gasteiger partial charge on any atom is 0.191 e. The first-order chi connectivity index (χ1) is 10.7. The smallest absolute Gasteiger partial charge is 0.191 e. The molecule has 1 aromatic rings. The molecule has 22 heavy (non-hydrogen) atoms. The van der Waals surface area contributed by atoms with Gasteiger partial charge in [0.1, 0.15) is 0 Å². The van der Waals surface area contributed by atoms with E-state index in [1.807, 2.05) is 18.5 Å². The minimum atomic E-state index is 0.778. The summed E-state index contributed by atoms with van der Waals surface area (Å²) >= 11 is 0. The SMILES string of the molecule is CCNC(=NCCCn1nc(C)cc1C)NCCCOCC. The number of aryl methyl sites for hydroxylation is 3. The number of aliphatic imine (C=N–C) groups is 1. The molecule has 0 spiro atoms. The van der Waals surface area contributed by atoms with E-state index >= 15 is 0 Å². The van der Waals surface area contributed by atoms with Crippen LogP contribution in [0.5, 0.6) is 0 Å². The first-order valence-electron chi connectivity index (χ1n) is 8.28. The first-order valence-corrected chi connectivity index (χ1v) is 8.28. The van der Waals surface area contributed by atoms with Crippen molar-refractivity contribution in [2.75, 3.05) is 32.8 Å². The Kier molecular flexibility index (Phi) is 9.30. The van der Waals surface area contributed by atoms with Gasteiger partial charge in [0.05, 0.1) is 5.69 Å². The lowest BCUT2D eigenvalue weighted by atomic mass is 10.4. The number of hydrogen-bond donors (Lipinski definition) is 2. The predicted octanol–water partition coefficient (Wildman–Crippen LogP) is 1.87. The topological polar surface area (TPSA) is 63.5 Å². The van der Waals surface area contributed by atoms with E-state index in [0.717, 1.165) is 63.9 Å². The lowest BCUT2D eigenvalue weighted by Crippen LogP contribution is -2.38. The summed E-state index contributed by atoms with van der Waals surface area (Å²) in [5.41, 5.74) is 2.28. The Morgan fingerprint density at radius 3 is 2.73 bits per heavy atom. The molecule has 1 heterocycles. The number of aromatic nitrogens is 2. The summed E-state index contributed by atoms with van der Waals surface area (Å²) in [6, 6.07) is 2.10. The average Bonchev–Trinajstić information content (AvgIpc) is 2.81. The van der Waals surface area contributed by atoms with Crippen molar-refractivity contribution in [1.29, 1.82) is 0 Å². The van der Waals surface area contributed by atoms with Gasteiger partial charge < -0.3 is 15.4 Å². The van der Waals surface area contributed by atoms with Crippen LogP contribution in [0, 0.1) is 13.8 Å². The monoisotopic (exact) mass is 309 g/mol. The number of nitrogens with one attached hydrogen (secondary N) is 2. The van der Waals surface area contributed by atoms with E-state index in [4.69, 9.17) is 4.74 Å². The molecular formula is C16H31N5O. The third-order valence-corrected chi connectivity index (χ3v) is 3.21. The number of hydrogen-bond acceptors (Lipinski definition) is 3. The summed E-state index contributed by atoms with van der Waals surface area (Å²) in [6.07, 6.45) is 1.97. The maximum atomic E-state index is 5.33. The molecule has 1 rings (SSSR count). The van der Waals surface area contributed by atoms with Crippen molar-refractivity contribution in [2.45, 2.75) is 47.1 Å². The summed E-state index contributed by atoms with van der Waals surface area (Å²) < 4.78 is 7.37. The quantitative estimate of drug-likeness (QED) is 0.393. The zero-order valence-corrected chi connectivity index (χ0v) is 14.5. The average molecular weight is 309 g/mol. The van der Waals surface area contributed by atoms with Gasteiger partial charge in [0.2, 0.25) is 0 Å². The van der Waals surface area contributed by atoms with Gasteiger partial charge in [0, 0.05) is 45.1 Å². The van der Waals surface area contributed by atoms with Crippen LogP contribution >= 0.6 is 0 Å². The van der Waals surface area contributed by atoms with Crippen LogP contribution in [-0.2, 0) is 11.3 Å². The Bertz CT molecular complexity index is 442. The molecule has 0 saturated heterocycles. The second-order valence-corrected chi connectivity index (χ2v) is 5.24. The second kappa shape index (κ2) is 11.1. The molecule has 1 aromatic heterocycles. The van der Waals surface area contributed by atoms with Crippen molar-refractivity contribution in [1.82, 2.24) is 20.4 Å². The van der Waals surface area contributed by atoms with Crippen LogP contribution in [0.15, 0.2) is 11.1 Å². The van der Waals surface area contributed by atoms with Gasteiger partial charge in [0.15, 0.2) is 5.96 Å². The maximum absolute atomic E-state index is 5.33. The summed E-state index contributed by atoms with van der Waals surface area (Å²) in [4.78, 5) is 4.60. The summed E-state index contributed by atoms with van der Waals surface area (Å²) in [5.74, 6) is 0.882. The van der Waals surface area contributed by atoms with Gasteiger partial charge in [0.25, 0.3) is 0 Å². The summed E-state index contributed by atoms with van der Waals surface area (Å²) in [7, 11) is 0. The fraction of sp³-hybridized carbons (Fsp3) is 0.750. The van der Waals surface area contributed by atoms with Gasteiger partial charge in [-0.15, -0.1) is 0 Å². The van der Waals surface area contributed by atoms with Crippen molar-refractivity contribution in [3.63, 3.8) is 0 Å². The number of nitrogens with zero attached hydrogens (tertiary/aromatic N) is 3. The Labute approximate surface area is 134 Å². The van der Waals surface area contributed by atoms with Gasteiger partial charge in [-0.3, -0.25) is 9.67 Å². The molecule has 0 aromatic carbocycles. The number of ether oxygens (including phenoxy) is 1. The van der Waals surface area contributed by atoms with Crippen LogP contribution in [0.4, 0.5) is 0 Å². The Balaban J connectivity index is 2.27. The molecular weight excluding hydrogens is 278 g/mol. The molecule has 0 bridgehead atoms. The lowest BCUT2D eigenvalue weighted by Gasteiger charge is -2.11. The minimum Gasteiger partial charge on any atom is -0.382 e. The largest absolute Gasteiger partial charge is 0.382 e. The molecule has 126 valence electrons. The number of rotatable bonds is 10. The summed E-state index contributed by atoms with van der Waals surface area (Å²) in [5, 5.41) is 11.1. The van der Waals surface area contributed by atoms with Crippen molar-refractivity contribution < 1.29 is 4.74 Å². The van der Waals surface area contributed by atoms with Gasteiger partial charge in [-0.05, 0) is 46.6 Å². The van der Waals surface area contributed by atoms with Gasteiger partial charge >= 0.3 is 0 Å². The van der Waals surface area contributed by atoms with Gasteiger partial charge in [-0.2, -0.15) is 5.10 Å². The van der Waals surface area contributed by atoms with Crippen LogP contribution < -0.4 is 10.6 Å². The fourth-order valence-electron chi connectivity index (χ4n) is 2.18. The molecule has 2 N–H and O–H groups in total. The van der Waals surface area contributed by atoms with Crippen molar-refractivity contribution in [2.24, 2.45) is 4.99 Å². The molecule has 0 saturated carbocycles. The normalized spacial score (nSPS) is 11.7. The Morgan fingerprint density at radius 2 is 2.09 bits per heavy atom.